The second kappa shape index (κ2) is 13.5. The molecular weight excluding hydrogens is 721 g/mol. The van der Waals surface area contributed by atoms with Gasteiger partial charge >= 0.3 is 18.1 Å². The van der Waals surface area contributed by atoms with E-state index in [1.807, 2.05) is 11.0 Å². The number of hydrogen-bond donors (Lipinski definition) is 1. The molecule has 0 spiro atoms. The first-order chi connectivity index (χ1) is 24.7. The second-order valence-electron chi connectivity index (χ2n) is 14.5. The van der Waals surface area contributed by atoms with Crippen molar-refractivity contribution in [2.24, 2.45) is 5.92 Å². The molecule has 0 aliphatic carbocycles. The topological polar surface area (TPSA) is 130 Å². The Balaban J connectivity index is 1.33. The number of methoxy groups -OCH3 is 1. The summed E-state index contributed by atoms with van der Waals surface area (Å²) in [4.78, 5) is 37.7. The maximum Gasteiger partial charge on any atom is 0.412 e. The summed E-state index contributed by atoms with van der Waals surface area (Å²) in [5, 5.41) is 13.1. The second-order valence-corrected chi connectivity index (χ2v) is 16.0. The summed E-state index contributed by atoms with van der Waals surface area (Å²) in [6.07, 6.45) is 0.347. The zero-order chi connectivity index (χ0) is 37.1. The van der Waals surface area contributed by atoms with Crippen LogP contribution in [0.2, 0.25) is 5.02 Å². The quantitative estimate of drug-likeness (QED) is 0.179. The van der Waals surface area contributed by atoms with Crippen LogP contribution >= 0.6 is 22.9 Å². The number of benzene rings is 2. The standard InChI is InChI=1S/C36H36ClF3N6O5S/c1-35(2,3)51-34(48)44-32-22(13-41)26-20(6-7-24(39)30(26)52-32)27-23(37)11-21-29(28(27)40)42-33(43-31(21)45-14-18(15-45)10-25(47)49-4)50-17-36-8-5-9-46(36)16-19(38)12-36/h6-7,11,18-19H,5,8-10,12,14-17H2,1-4H3,(H,44,48)/t19-,36+/m1/s1. The molecule has 2 atom stereocenters. The predicted molar refractivity (Wildman–Crippen MR) is 191 cm³/mol. The van der Waals surface area contributed by atoms with Gasteiger partial charge in [0.1, 0.15) is 46.6 Å². The third-order valence-electron chi connectivity index (χ3n) is 9.80. The van der Waals surface area contributed by atoms with E-state index in [-0.39, 0.29) is 78.6 Å². The van der Waals surface area contributed by atoms with Crippen molar-refractivity contribution in [3.05, 3.63) is 40.4 Å². The molecule has 1 amide bonds. The first-order valence-electron chi connectivity index (χ1n) is 16.9. The largest absolute Gasteiger partial charge is 0.469 e. The number of amides is 1. The van der Waals surface area contributed by atoms with Crippen molar-refractivity contribution in [1.29, 1.82) is 5.26 Å². The molecule has 274 valence electrons. The number of esters is 1. The van der Waals surface area contributed by atoms with Gasteiger partial charge in [-0.2, -0.15) is 15.2 Å². The van der Waals surface area contributed by atoms with Crippen molar-refractivity contribution in [2.45, 2.75) is 63.8 Å². The van der Waals surface area contributed by atoms with Crippen molar-refractivity contribution in [3.63, 3.8) is 0 Å². The van der Waals surface area contributed by atoms with Crippen molar-refractivity contribution in [1.82, 2.24) is 14.9 Å². The Kier molecular flexibility index (Phi) is 9.37. The van der Waals surface area contributed by atoms with Crippen LogP contribution in [-0.2, 0) is 14.3 Å². The van der Waals surface area contributed by atoms with Gasteiger partial charge < -0.3 is 19.1 Å². The lowest BCUT2D eigenvalue weighted by atomic mass is 9.94. The number of hydrogen-bond acceptors (Lipinski definition) is 11. The Labute approximate surface area is 306 Å². The monoisotopic (exact) mass is 756 g/mol. The van der Waals surface area contributed by atoms with Gasteiger partial charge in [-0.1, -0.05) is 17.7 Å². The number of carbonyl (C=O) groups is 2. The zero-order valence-electron chi connectivity index (χ0n) is 28.9. The fraction of sp³-hybridized carbons (Fsp3) is 0.472. The number of halogens is 4. The normalized spacial score (nSPS) is 20.5. The number of nitrogens with zero attached hydrogens (tertiary/aromatic N) is 5. The number of alkyl halides is 1. The summed E-state index contributed by atoms with van der Waals surface area (Å²) >= 11 is 7.66. The SMILES string of the molecule is COC(=O)CC1CN(c2nc(OC[C@@]34CCCN3C[C@H](F)C4)nc3c(F)c(-c4ccc(F)c5sc(NC(=O)OC(C)(C)C)c(C#N)c45)c(Cl)cc23)C1. The van der Waals surface area contributed by atoms with Gasteiger partial charge in [0.2, 0.25) is 0 Å². The number of nitriles is 1. The number of aromatic nitrogens is 2. The van der Waals surface area contributed by atoms with E-state index in [9.17, 15) is 19.2 Å². The lowest BCUT2D eigenvalue weighted by molar-refractivity contribution is -0.141. The lowest BCUT2D eigenvalue weighted by Gasteiger charge is -2.40. The maximum atomic E-state index is 17.1. The molecular formula is C36H36ClF3N6O5S. The molecule has 3 saturated heterocycles. The highest BCUT2D eigenvalue weighted by Crippen LogP contribution is 2.47. The van der Waals surface area contributed by atoms with Crippen LogP contribution < -0.4 is 15.0 Å². The molecule has 4 aromatic rings. The van der Waals surface area contributed by atoms with E-state index in [1.54, 1.807) is 20.8 Å². The van der Waals surface area contributed by atoms with E-state index in [4.69, 9.17) is 25.8 Å². The average molecular weight is 757 g/mol. The Morgan fingerprint density at radius 1 is 1.21 bits per heavy atom. The minimum atomic E-state index is -0.977. The highest BCUT2D eigenvalue weighted by atomic mass is 35.5. The summed E-state index contributed by atoms with van der Waals surface area (Å²) in [5.74, 6) is -1.57. The molecule has 2 aromatic heterocycles. The Morgan fingerprint density at radius 3 is 2.69 bits per heavy atom. The maximum absolute atomic E-state index is 17.1. The van der Waals surface area contributed by atoms with E-state index in [0.29, 0.717) is 31.9 Å². The minimum absolute atomic E-state index is 0.00315. The van der Waals surface area contributed by atoms with Gasteiger partial charge in [-0.3, -0.25) is 15.0 Å². The van der Waals surface area contributed by atoms with Crippen LogP contribution in [0.3, 0.4) is 0 Å². The molecule has 52 heavy (non-hydrogen) atoms. The fourth-order valence-electron chi connectivity index (χ4n) is 7.52. The van der Waals surface area contributed by atoms with Crippen molar-refractivity contribution >= 4 is 66.8 Å². The molecule has 0 unspecified atom stereocenters. The van der Waals surface area contributed by atoms with Crippen molar-refractivity contribution in [3.8, 4) is 23.2 Å². The van der Waals surface area contributed by atoms with Crippen LogP contribution in [0, 0.1) is 28.9 Å². The van der Waals surface area contributed by atoms with Crippen LogP contribution in [0.5, 0.6) is 6.01 Å². The number of thiophene rings is 1. The van der Waals surface area contributed by atoms with Gasteiger partial charge in [0.05, 0.1) is 34.4 Å². The molecule has 7 rings (SSSR count). The molecule has 0 radical (unpaired) electrons. The smallest absolute Gasteiger partial charge is 0.412 e. The first-order valence-corrected chi connectivity index (χ1v) is 18.1. The third-order valence-corrected chi connectivity index (χ3v) is 11.2. The zero-order valence-corrected chi connectivity index (χ0v) is 30.5. The Hall–Kier alpha value is -4.39. The van der Waals surface area contributed by atoms with Gasteiger partial charge in [0.25, 0.3) is 0 Å². The summed E-state index contributed by atoms with van der Waals surface area (Å²) < 4.78 is 63.3. The van der Waals surface area contributed by atoms with Crippen LogP contribution in [0.4, 0.5) is 28.8 Å². The summed E-state index contributed by atoms with van der Waals surface area (Å²) in [6, 6.07) is 5.89. The minimum Gasteiger partial charge on any atom is -0.469 e. The molecule has 11 nitrogen and oxygen atoms in total. The Bertz CT molecular complexity index is 2150. The summed E-state index contributed by atoms with van der Waals surface area (Å²) in [7, 11) is 1.33. The molecule has 3 aliphatic heterocycles. The molecule has 5 heterocycles. The van der Waals surface area contributed by atoms with Crippen molar-refractivity contribution < 1.29 is 37.0 Å². The van der Waals surface area contributed by atoms with E-state index in [1.165, 1.54) is 19.2 Å². The predicted octanol–water partition coefficient (Wildman–Crippen LogP) is 7.62. The summed E-state index contributed by atoms with van der Waals surface area (Å²) in [6.45, 7) is 7.08. The van der Waals surface area contributed by atoms with E-state index in [2.05, 4.69) is 20.2 Å². The Morgan fingerprint density at radius 2 is 1.98 bits per heavy atom. The van der Waals surface area contributed by atoms with E-state index >= 15 is 8.78 Å². The summed E-state index contributed by atoms with van der Waals surface area (Å²) in [5.41, 5.74) is -1.61. The highest BCUT2D eigenvalue weighted by molar-refractivity contribution is 7.23. The van der Waals surface area contributed by atoms with Gasteiger partial charge in [-0.15, -0.1) is 11.3 Å². The number of ether oxygens (including phenoxy) is 3. The molecule has 0 saturated carbocycles. The van der Waals surface area contributed by atoms with Crippen LogP contribution in [0.25, 0.3) is 32.1 Å². The van der Waals surface area contributed by atoms with E-state index in [0.717, 1.165) is 36.8 Å². The average Bonchev–Trinajstić information content (AvgIpc) is 3.71. The van der Waals surface area contributed by atoms with Crippen LogP contribution in [0.1, 0.15) is 52.0 Å². The van der Waals surface area contributed by atoms with Gasteiger partial charge in [0, 0.05) is 48.3 Å². The van der Waals surface area contributed by atoms with Gasteiger partial charge in [-0.05, 0) is 57.9 Å². The molecule has 2 aromatic carbocycles. The van der Waals surface area contributed by atoms with E-state index < -0.39 is 35.0 Å². The molecule has 1 N–H and O–H groups in total. The highest BCUT2D eigenvalue weighted by Gasteiger charge is 2.49. The number of nitrogens with one attached hydrogen (secondary N) is 1. The lowest BCUT2D eigenvalue weighted by Crippen LogP contribution is -2.48. The number of carbonyl (C=O) groups excluding carboxylic acids is 2. The first kappa shape index (κ1) is 36.0. The van der Waals surface area contributed by atoms with Crippen LogP contribution in [0.15, 0.2) is 18.2 Å². The molecule has 0 bridgehead atoms. The molecule has 3 aliphatic rings. The fourth-order valence-corrected chi connectivity index (χ4v) is 8.88. The van der Waals surface area contributed by atoms with Crippen molar-refractivity contribution in [2.75, 3.05) is 50.1 Å². The molecule has 16 heteroatoms. The third kappa shape index (κ3) is 6.56. The number of fused-ring (bicyclic) bond motifs is 3. The van der Waals surface area contributed by atoms with Gasteiger partial charge in [0.15, 0.2) is 5.82 Å². The number of rotatable bonds is 8. The van der Waals surface area contributed by atoms with Crippen LogP contribution in [-0.4, -0.2) is 84.1 Å². The van der Waals surface area contributed by atoms with Gasteiger partial charge in [-0.25, -0.2) is 18.0 Å². The number of anilines is 2. The molecule has 3 fully saturated rings.